The number of thioether (sulfide) groups is 1. The van der Waals surface area contributed by atoms with Crippen molar-refractivity contribution < 1.29 is 0 Å². The van der Waals surface area contributed by atoms with Gasteiger partial charge in [-0.1, -0.05) is 12.8 Å². The number of nitrogens with one attached hydrogen (secondary N) is 1. The standard InChI is InChI=1S/C15H25N3S/c1-19-15-5-3-2-4-13(15)18-11-17-10-14(18)12-6-8-16-9-7-12/h10-13,15-16H,2-9H2,1H3. The normalized spacial score (nSPS) is 29.5. The second-order valence-corrected chi connectivity index (χ2v) is 6.95. The van der Waals surface area contributed by atoms with Crippen molar-refractivity contribution in [1.82, 2.24) is 14.9 Å². The number of hydrogen-bond acceptors (Lipinski definition) is 3. The van der Waals surface area contributed by atoms with Gasteiger partial charge in [-0.3, -0.25) is 0 Å². The number of nitrogens with zero attached hydrogens (tertiary/aromatic N) is 2. The number of rotatable bonds is 3. The van der Waals surface area contributed by atoms with Crippen molar-refractivity contribution in [3.05, 3.63) is 18.2 Å². The fraction of sp³-hybridized carbons (Fsp3) is 0.800. The zero-order valence-corrected chi connectivity index (χ0v) is 12.7. The van der Waals surface area contributed by atoms with E-state index in [-0.39, 0.29) is 0 Å². The summed E-state index contributed by atoms with van der Waals surface area (Å²) in [7, 11) is 0. The fourth-order valence-corrected chi connectivity index (χ4v) is 4.68. The molecule has 1 aromatic heterocycles. The summed E-state index contributed by atoms with van der Waals surface area (Å²) in [5, 5.41) is 4.24. The summed E-state index contributed by atoms with van der Waals surface area (Å²) in [5.41, 5.74) is 1.49. The summed E-state index contributed by atoms with van der Waals surface area (Å²) < 4.78 is 2.52. The topological polar surface area (TPSA) is 29.9 Å². The van der Waals surface area contributed by atoms with Gasteiger partial charge in [0.05, 0.1) is 6.33 Å². The summed E-state index contributed by atoms with van der Waals surface area (Å²) in [6, 6.07) is 0.677. The maximum absolute atomic E-state index is 4.47. The molecule has 2 fully saturated rings. The second-order valence-electron chi connectivity index (χ2n) is 5.88. The third-order valence-corrected chi connectivity index (χ3v) is 5.94. The molecule has 2 aliphatic rings. The Morgan fingerprint density at radius 1 is 1.21 bits per heavy atom. The van der Waals surface area contributed by atoms with E-state index in [0.29, 0.717) is 12.0 Å². The molecule has 1 aromatic rings. The van der Waals surface area contributed by atoms with E-state index in [0.717, 1.165) is 18.3 Å². The number of hydrogen-bond donors (Lipinski definition) is 1. The largest absolute Gasteiger partial charge is 0.330 e. The van der Waals surface area contributed by atoms with Crippen LogP contribution in [0.3, 0.4) is 0 Å². The van der Waals surface area contributed by atoms with Crippen LogP contribution in [0.4, 0.5) is 0 Å². The lowest BCUT2D eigenvalue weighted by Gasteiger charge is -2.34. The molecule has 0 bridgehead atoms. The minimum atomic E-state index is 0.677. The molecule has 2 heterocycles. The second kappa shape index (κ2) is 6.31. The lowest BCUT2D eigenvalue weighted by atomic mass is 9.91. The molecule has 2 unspecified atom stereocenters. The first-order valence-corrected chi connectivity index (χ1v) is 8.94. The van der Waals surface area contributed by atoms with Crippen molar-refractivity contribution in [1.29, 1.82) is 0 Å². The van der Waals surface area contributed by atoms with E-state index >= 15 is 0 Å². The highest BCUT2D eigenvalue weighted by molar-refractivity contribution is 7.99. The average molecular weight is 279 g/mol. The molecule has 1 saturated carbocycles. The maximum Gasteiger partial charge on any atom is 0.0951 e. The summed E-state index contributed by atoms with van der Waals surface area (Å²) in [6.45, 7) is 2.32. The molecule has 19 heavy (non-hydrogen) atoms. The van der Waals surface area contributed by atoms with Gasteiger partial charge in [0.15, 0.2) is 0 Å². The first-order valence-electron chi connectivity index (χ1n) is 7.65. The number of piperidine rings is 1. The van der Waals surface area contributed by atoms with E-state index in [4.69, 9.17) is 0 Å². The SMILES string of the molecule is CSC1CCCCC1n1cncc1C1CCNCC1. The van der Waals surface area contributed by atoms with Gasteiger partial charge in [0.2, 0.25) is 0 Å². The van der Waals surface area contributed by atoms with Crippen LogP contribution in [0.25, 0.3) is 0 Å². The van der Waals surface area contributed by atoms with Crippen LogP contribution in [-0.2, 0) is 0 Å². The molecular formula is C15H25N3S. The molecule has 2 atom stereocenters. The van der Waals surface area contributed by atoms with Gasteiger partial charge in [0.25, 0.3) is 0 Å². The molecule has 3 rings (SSSR count). The van der Waals surface area contributed by atoms with E-state index in [1.165, 1.54) is 44.2 Å². The molecule has 1 N–H and O–H groups in total. The molecular weight excluding hydrogens is 254 g/mol. The molecule has 0 aromatic carbocycles. The van der Waals surface area contributed by atoms with E-state index in [1.807, 2.05) is 11.8 Å². The predicted octanol–water partition coefficient (Wildman–Crippen LogP) is 3.20. The average Bonchev–Trinajstić information content (AvgIpc) is 2.97. The molecule has 4 heteroatoms. The molecule has 0 spiro atoms. The highest BCUT2D eigenvalue weighted by atomic mass is 32.2. The highest BCUT2D eigenvalue weighted by Crippen LogP contribution is 2.38. The smallest absolute Gasteiger partial charge is 0.0951 e. The van der Waals surface area contributed by atoms with Crippen LogP contribution in [0.15, 0.2) is 12.5 Å². The number of aromatic nitrogens is 2. The highest BCUT2D eigenvalue weighted by Gasteiger charge is 2.29. The lowest BCUT2D eigenvalue weighted by molar-refractivity contribution is 0.342. The third-order valence-electron chi connectivity index (χ3n) is 4.78. The van der Waals surface area contributed by atoms with Crippen LogP contribution in [0.2, 0.25) is 0 Å². The van der Waals surface area contributed by atoms with Crippen molar-refractivity contribution in [2.45, 2.75) is 55.7 Å². The lowest BCUT2D eigenvalue weighted by Crippen LogP contribution is -2.30. The van der Waals surface area contributed by atoms with E-state index in [2.05, 4.69) is 33.6 Å². The first kappa shape index (κ1) is 13.5. The van der Waals surface area contributed by atoms with E-state index in [1.54, 1.807) is 0 Å². The summed E-state index contributed by atoms with van der Waals surface area (Å²) >= 11 is 2.05. The van der Waals surface area contributed by atoms with Crippen molar-refractivity contribution in [3.63, 3.8) is 0 Å². The predicted molar refractivity (Wildman–Crippen MR) is 81.9 cm³/mol. The van der Waals surface area contributed by atoms with Gasteiger partial charge in [-0.15, -0.1) is 0 Å². The van der Waals surface area contributed by atoms with Gasteiger partial charge < -0.3 is 9.88 Å². The van der Waals surface area contributed by atoms with Crippen LogP contribution in [0, 0.1) is 0 Å². The van der Waals surface area contributed by atoms with Crippen LogP contribution < -0.4 is 5.32 Å². The summed E-state index contributed by atoms with van der Waals surface area (Å²) in [4.78, 5) is 4.47. The van der Waals surface area contributed by atoms with Crippen molar-refractivity contribution in [2.24, 2.45) is 0 Å². The zero-order valence-electron chi connectivity index (χ0n) is 11.8. The van der Waals surface area contributed by atoms with E-state index in [9.17, 15) is 0 Å². The van der Waals surface area contributed by atoms with Crippen molar-refractivity contribution in [2.75, 3.05) is 19.3 Å². The Kier molecular flexibility index (Phi) is 4.49. The van der Waals surface area contributed by atoms with Gasteiger partial charge in [-0.2, -0.15) is 11.8 Å². The minimum absolute atomic E-state index is 0.677. The third kappa shape index (κ3) is 2.84. The maximum atomic E-state index is 4.47. The molecule has 1 aliphatic heterocycles. The molecule has 1 aliphatic carbocycles. The van der Waals surface area contributed by atoms with Crippen LogP contribution in [-0.4, -0.2) is 34.1 Å². The Balaban J connectivity index is 1.81. The zero-order chi connectivity index (χ0) is 13.1. The quantitative estimate of drug-likeness (QED) is 0.921. The van der Waals surface area contributed by atoms with Gasteiger partial charge in [0, 0.05) is 29.1 Å². The molecule has 3 nitrogen and oxygen atoms in total. The van der Waals surface area contributed by atoms with Crippen LogP contribution in [0.1, 0.15) is 56.2 Å². The van der Waals surface area contributed by atoms with Gasteiger partial charge in [-0.25, -0.2) is 4.98 Å². The van der Waals surface area contributed by atoms with Gasteiger partial charge in [0.1, 0.15) is 0 Å². The monoisotopic (exact) mass is 279 g/mol. The molecule has 0 radical (unpaired) electrons. The Bertz CT molecular complexity index is 398. The van der Waals surface area contributed by atoms with Gasteiger partial charge >= 0.3 is 0 Å². The van der Waals surface area contributed by atoms with Crippen molar-refractivity contribution >= 4 is 11.8 Å². The molecule has 0 amide bonds. The summed E-state index contributed by atoms with van der Waals surface area (Å²) in [5.74, 6) is 0.716. The van der Waals surface area contributed by atoms with E-state index < -0.39 is 0 Å². The minimum Gasteiger partial charge on any atom is -0.330 e. The first-order chi connectivity index (χ1) is 9.40. The Labute approximate surface area is 120 Å². The summed E-state index contributed by atoms with van der Waals surface area (Å²) in [6.07, 6.45) is 14.5. The van der Waals surface area contributed by atoms with Crippen LogP contribution >= 0.6 is 11.8 Å². The Morgan fingerprint density at radius 2 is 2.00 bits per heavy atom. The fourth-order valence-electron chi connectivity index (χ4n) is 3.70. The Hall–Kier alpha value is -0.480. The number of imidazole rings is 1. The molecule has 106 valence electrons. The van der Waals surface area contributed by atoms with Crippen LogP contribution in [0.5, 0.6) is 0 Å². The molecule has 1 saturated heterocycles. The van der Waals surface area contributed by atoms with Crippen molar-refractivity contribution in [3.8, 4) is 0 Å². The van der Waals surface area contributed by atoms with Gasteiger partial charge in [-0.05, 0) is 45.0 Å². The Morgan fingerprint density at radius 3 is 2.79 bits per heavy atom.